The van der Waals surface area contributed by atoms with Gasteiger partial charge in [-0.1, -0.05) is 25.2 Å². The molecule has 1 aromatic rings. The van der Waals surface area contributed by atoms with Gasteiger partial charge in [-0.25, -0.2) is 0 Å². The van der Waals surface area contributed by atoms with Gasteiger partial charge >= 0.3 is 0 Å². The molecule has 0 aliphatic heterocycles. The number of aryl methyl sites for hydroxylation is 1. The average Bonchev–Trinajstić information content (AvgIpc) is 3.20. The second-order valence-electron chi connectivity index (χ2n) is 5.21. The zero-order valence-electron chi connectivity index (χ0n) is 12.2. The van der Waals surface area contributed by atoms with Crippen LogP contribution >= 0.6 is 11.3 Å². The van der Waals surface area contributed by atoms with Crippen LogP contribution in [0, 0.1) is 18.8 Å². The summed E-state index contributed by atoms with van der Waals surface area (Å²) in [4.78, 5) is 16.5. The normalized spacial score (nSPS) is 13.8. The van der Waals surface area contributed by atoms with Crippen molar-refractivity contribution in [1.82, 2.24) is 4.90 Å². The fourth-order valence-corrected chi connectivity index (χ4v) is 3.15. The standard InChI is InChI=1S/C16H22N2OS/c1-3-4-10-18(13-7-8-13)16(19)15-11-12(2)14(20-15)6-5-9-17/h11,13H,3-4,7-10,17H2,1-2H3. The molecular formula is C16H22N2OS. The molecule has 0 radical (unpaired) electrons. The third-order valence-corrected chi connectivity index (χ3v) is 4.57. The quantitative estimate of drug-likeness (QED) is 0.848. The van der Waals surface area contributed by atoms with Crippen LogP contribution in [0.25, 0.3) is 0 Å². The van der Waals surface area contributed by atoms with Gasteiger partial charge in [-0.05, 0) is 37.8 Å². The molecule has 0 aromatic carbocycles. The van der Waals surface area contributed by atoms with Crippen molar-refractivity contribution in [2.45, 2.75) is 45.6 Å². The van der Waals surface area contributed by atoms with Gasteiger partial charge < -0.3 is 10.6 Å². The predicted molar refractivity (Wildman–Crippen MR) is 84.0 cm³/mol. The summed E-state index contributed by atoms with van der Waals surface area (Å²) in [5.41, 5.74) is 6.47. The maximum atomic E-state index is 12.6. The van der Waals surface area contributed by atoms with E-state index in [2.05, 4.69) is 23.7 Å². The van der Waals surface area contributed by atoms with Crippen molar-refractivity contribution in [3.05, 3.63) is 21.4 Å². The molecule has 1 aliphatic rings. The van der Waals surface area contributed by atoms with Gasteiger partial charge in [0, 0.05) is 12.6 Å². The second kappa shape index (κ2) is 6.92. The lowest BCUT2D eigenvalue weighted by atomic mass is 10.2. The van der Waals surface area contributed by atoms with Crippen LogP contribution in [0.1, 0.15) is 52.7 Å². The number of nitrogens with zero attached hydrogens (tertiary/aromatic N) is 1. The van der Waals surface area contributed by atoms with Gasteiger partial charge in [-0.3, -0.25) is 4.79 Å². The number of carbonyl (C=O) groups is 1. The molecule has 3 nitrogen and oxygen atoms in total. The topological polar surface area (TPSA) is 46.3 Å². The minimum Gasteiger partial charge on any atom is -0.335 e. The largest absolute Gasteiger partial charge is 0.335 e. The summed E-state index contributed by atoms with van der Waals surface area (Å²) in [6, 6.07) is 2.43. The average molecular weight is 290 g/mol. The highest BCUT2D eigenvalue weighted by Crippen LogP contribution is 2.31. The Balaban J connectivity index is 2.14. The van der Waals surface area contributed by atoms with Gasteiger partial charge in [0.05, 0.1) is 16.3 Å². The summed E-state index contributed by atoms with van der Waals surface area (Å²) >= 11 is 1.49. The molecule has 1 amide bonds. The molecule has 2 N–H and O–H groups in total. The highest BCUT2D eigenvalue weighted by atomic mass is 32.1. The van der Waals surface area contributed by atoms with Crippen LogP contribution in [0.15, 0.2) is 6.07 Å². The number of nitrogens with two attached hydrogens (primary N) is 1. The Labute approximate surface area is 125 Å². The third kappa shape index (κ3) is 3.62. The van der Waals surface area contributed by atoms with E-state index in [0.717, 1.165) is 47.5 Å². The number of thiophene rings is 1. The molecule has 0 atom stereocenters. The third-order valence-electron chi connectivity index (χ3n) is 3.43. The SMILES string of the molecule is CCCCN(C(=O)c1cc(C)c(C#CCN)s1)C1CC1. The van der Waals surface area contributed by atoms with Crippen molar-refractivity contribution in [3.8, 4) is 11.8 Å². The van der Waals surface area contributed by atoms with E-state index in [0.29, 0.717) is 12.6 Å². The summed E-state index contributed by atoms with van der Waals surface area (Å²) < 4.78 is 0. The summed E-state index contributed by atoms with van der Waals surface area (Å²) in [7, 11) is 0. The minimum absolute atomic E-state index is 0.176. The Kier molecular flexibility index (Phi) is 5.22. The van der Waals surface area contributed by atoms with E-state index in [1.807, 2.05) is 13.0 Å². The number of hydrogen-bond acceptors (Lipinski definition) is 3. The van der Waals surface area contributed by atoms with Gasteiger partial charge in [0.25, 0.3) is 5.91 Å². The fraction of sp³-hybridized carbons (Fsp3) is 0.562. The van der Waals surface area contributed by atoms with Crippen LogP contribution < -0.4 is 5.73 Å². The van der Waals surface area contributed by atoms with E-state index < -0.39 is 0 Å². The summed E-state index contributed by atoms with van der Waals surface area (Å²) in [5.74, 6) is 6.08. The van der Waals surface area contributed by atoms with Crippen LogP contribution in [0.2, 0.25) is 0 Å². The molecule has 0 bridgehead atoms. The lowest BCUT2D eigenvalue weighted by Crippen LogP contribution is -2.33. The lowest BCUT2D eigenvalue weighted by Gasteiger charge is -2.21. The maximum Gasteiger partial charge on any atom is 0.264 e. The number of carbonyl (C=O) groups excluding carboxylic acids is 1. The molecule has 1 heterocycles. The Morgan fingerprint density at radius 3 is 2.90 bits per heavy atom. The van der Waals surface area contributed by atoms with E-state index in [1.54, 1.807) is 0 Å². The van der Waals surface area contributed by atoms with Crippen molar-refractivity contribution in [2.24, 2.45) is 5.73 Å². The molecule has 1 fully saturated rings. The highest BCUT2D eigenvalue weighted by Gasteiger charge is 2.33. The highest BCUT2D eigenvalue weighted by molar-refractivity contribution is 7.14. The van der Waals surface area contributed by atoms with Gasteiger partial charge in [0.2, 0.25) is 0 Å². The van der Waals surface area contributed by atoms with Gasteiger partial charge in [-0.2, -0.15) is 0 Å². The fourth-order valence-electron chi connectivity index (χ4n) is 2.15. The maximum absolute atomic E-state index is 12.6. The van der Waals surface area contributed by atoms with Crippen molar-refractivity contribution in [3.63, 3.8) is 0 Å². The molecule has 4 heteroatoms. The second-order valence-corrected chi connectivity index (χ2v) is 6.26. The smallest absolute Gasteiger partial charge is 0.264 e. The minimum atomic E-state index is 0.176. The first-order valence-electron chi connectivity index (χ1n) is 7.27. The Hall–Kier alpha value is -1.31. The zero-order valence-corrected chi connectivity index (χ0v) is 13.1. The molecule has 2 rings (SSSR count). The molecule has 0 unspecified atom stereocenters. The monoisotopic (exact) mass is 290 g/mol. The Morgan fingerprint density at radius 1 is 1.55 bits per heavy atom. The Morgan fingerprint density at radius 2 is 2.30 bits per heavy atom. The molecule has 1 aliphatic carbocycles. The molecule has 20 heavy (non-hydrogen) atoms. The lowest BCUT2D eigenvalue weighted by molar-refractivity contribution is 0.0745. The first-order chi connectivity index (χ1) is 9.67. The van der Waals surface area contributed by atoms with Crippen molar-refractivity contribution >= 4 is 17.2 Å². The van der Waals surface area contributed by atoms with E-state index in [-0.39, 0.29) is 5.91 Å². The molecule has 0 saturated heterocycles. The van der Waals surface area contributed by atoms with E-state index in [1.165, 1.54) is 11.3 Å². The number of rotatable bonds is 5. The Bertz CT molecular complexity index is 534. The van der Waals surface area contributed by atoms with Crippen LogP contribution in [-0.2, 0) is 0 Å². The molecule has 0 spiro atoms. The number of unbranched alkanes of at least 4 members (excludes halogenated alkanes) is 1. The van der Waals surface area contributed by atoms with Crippen LogP contribution in [0.3, 0.4) is 0 Å². The summed E-state index contributed by atoms with van der Waals surface area (Å²) in [6.07, 6.45) is 4.50. The van der Waals surface area contributed by atoms with Gasteiger partial charge in [-0.15, -0.1) is 11.3 Å². The number of amides is 1. The first-order valence-corrected chi connectivity index (χ1v) is 8.09. The van der Waals surface area contributed by atoms with Crippen molar-refractivity contribution < 1.29 is 4.79 Å². The van der Waals surface area contributed by atoms with Crippen LogP contribution in [0.5, 0.6) is 0 Å². The number of hydrogen-bond donors (Lipinski definition) is 1. The zero-order chi connectivity index (χ0) is 14.5. The van der Waals surface area contributed by atoms with Crippen molar-refractivity contribution in [1.29, 1.82) is 0 Å². The van der Waals surface area contributed by atoms with E-state index in [9.17, 15) is 4.79 Å². The van der Waals surface area contributed by atoms with E-state index >= 15 is 0 Å². The molecular weight excluding hydrogens is 268 g/mol. The van der Waals surface area contributed by atoms with Gasteiger partial charge in [0.1, 0.15) is 0 Å². The van der Waals surface area contributed by atoms with Crippen LogP contribution in [-0.4, -0.2) is 29.9 Å². The first kappa shape index (κ1) is 15.1. The van der Waals surface area contributed by atoms with E-state index in [4.69, 9.17) is 5.73 Å². The van der Waals surface area contributed by atoms with Crippen LogP contribution in [0.4, 0.5) is 0 Å². The van der Waals surface area contributed by atoms with Crippen molar-refractivity contribution in [2.75, 3.05) is 13.1 Å². The summed E-state index contributed by atoms with van der Waals surface area (Å²) in [5, 5.41) is 0. The molecule has 1 aromatic heterocycles. The predicted octanol–water partition coefficient (Wildman–Crippen LogP) is 2.77. The summed E-state index contributed by atoms with van der Waals surface area (Å²) in [6.45, 7) is 5.39. The molecule has 1 saturated carbocycles. The molecule has 108 valence electrons. The van der Waals surface area contributed by atoms with Gasteiger partial charge in [0.15, 0.2) is 0 Å².